The van der Waals surface area contributed by atoms with Crippen molar-refractivity contribution in [2.45, 2.75) is 33.7 Å². The highest BCUT2D eigenvalue weighted by Crippen LogP contribution is 2.32. The zero-order chi connectivity index (χ0) is 19.3. The van der Waals surface area contributed by atoms with Crippen LogP contribution in [0.2, 0.25) is 0 Å². The Morgan fingerprint density at radius 1 is 1.12 bits per heavy atom. The first-order chi connectivity index (χ1) is 12.3. The lowest BCUT2D eigenvalue weighted by Gasteiger charge is -2.25. The Kier molecular flexibility index (Phi) is 6.38. The highest BCUT2D eigenvalue weighted by molar-refractivity contribution is 6.39. The summed E-state index contributed by atoms with van der Waals surface area (Å²) in [5.41, 5.74) is 1.16. The lowest BCUT2D eigenvalue weighted by Crippen LogP contribution is -2.46. The number of carbonyl (C=O) groups is 2. The van der Waals surface area contributed by atoms with Crippen LogP contribution in [0.1, 0.15) is 27.7 Å². The van der Waals surface area contributed by atoms with E-state index in [4.69, 9.17) is 9.15 Å². The van der Waals surface area contributed by atoms with Crippen LogP contribution >= 0.6 is 0 Å². The Hall–Kier alpha value is -2.83. The molecule has 1 aromatic carbocycles. The molecule has 1 aromatic heterocycles. The molecule has 2 N–H and O–H groups in total. The van der Waals surface area contributed by atoms with E-state index in [2.05, 4.69) is 15.6 Å². The van der Waals surface area contributed by atoms with Crippen LogP contribution in [0.25, 0.3) is 11.3 Å². The summed E-state index contributed by atoms with van der Waals surface area (Å²) in [7, 11) is 1.52. The van der Waals surface area contributed by atoms with Gasteiger partial charge in [0.2, 0.25) is 0 Å². The first-order valence-corrected chi connectivity index (χ1v) is 8.52. The largest absolute Gasteiger partial charge is 0.496 e. The molecule has 0 fully saturated rings. The molecule has 0 aliphatic rings. The monoisotopic (exact) mass is 359 g/mol. The fourth-order valence-electron chi connectivity index (χ4n) is 2.83. The van der Waals surface area contributed by atoms with Gasteiger partial charge in [0, 0.05) is 17.8 Å². The van der Waals surface area contributed by atoms with Gasteiger partial charge < -0.3 is 19.8 Å². The zero-order valence-corrected chi connectivity index (χ0v) is 15.7. The molecule has 0 radical (unpaired) electrons. The summed E-state index contributed by atoms with van der Waals surface area (Å²) in [4.78, 5) is 28.3. The summed E-state index contributed by atoms with van der Waals surface area (Å²) in [5, 5.41) is 5.39. The Morgan fingerprint density at radius 2 is 1.81 bits per heavy atom. The van der Waals surface area contributed by atoms with Crippen LogP contribution < -0.4 is 15.4 Å². The average molecular weight is 359 g/mol. The second kappa shape index (κ2) is 8.51. The maximum absolute atomic E-state index is 12.2. The van der Waals surface area contributed by atoms with E-state index >= 15 is 0 Å². The third-order valence-electron chi connectivity index (χ3n) is 4.10. The summed E-state index contributed by atoms with van der Waals surface area (Å²) < 4.78 is 10.6. The number of amides is 2. The molecule has 1 heterocycles. The summed E-state index contributed by atoms with van der Waals surface area (Å²) >= 11 is 0. The van der Waals surface area contributed by atoms with Gasteiger partial charge in [0.05, 0.1) is 18.9 Å². The minimum Gasteiger partial charge on any atom is -0.496 e. The van der Waals surface area contributed by atoms with Crippen molar-refractivity contribution in [1.29, 1.82) is 0 Å². The van der Waals surface area contributed by atoms with Gasteiger partial charge in [0.25, 0.3) is 0 Å². The average Bonchev–Trinajstić information content (AvgIpc) is 3.12. The van der Waals surface area contributed by atoms with Gasteiger partial charge >= 0.3 is 11.8 Å². The number of benzene rings is 1. The number of nitrogens with zero attached hydrogens (tertiary/aromatic N) is 1. The van der Waals surface area contributed by atoms with E-state index in [0.29, 0.717) is 22.8 Å². The van der Waals surface area contributed by atoms with Crippen molar-refractivity contribution in [2.24, 2.45) is 11.8 Å². The van der Waals surface area contributed by atoms with Gasteiger partial charge in [0.15, 0.2) is 12.2 Å². The fourth-order valence-corrected chi connectivity index (χ4v) is 2.83. The van der Waals surface area contributed by atoms with Gasteiger partial charge in [-0.2, -0.15) is 0 Å². The molecule has 7 heteroatoms. The van der Waals surface area contributed by atoms with E-state index in [0.717, 1.165) is 0 Å². The SMILES string of the molecule is COc1cc(NC(=O)C(=O)NC(C(C)C)C(C)C)ccc1-c1cnco1. The molecule has 0 spiro atoms. The molecule has 0 atom stereocenters. The third kappa shape index (κ3) is 4.62. The van der Waals surface area contributed by atoms with Crippen molar-refractivity contribution in [3.05, 3.63) is 30.8 Å². The highest BCUT2D eigenvalue weighted by Gasteiger charge is 2.23. The van der Waals surface area contributed by atoms with Gasteiger partial charge in [0.1, 0.15) is 5.75 Å². The number of oxazole rings is 1. The van der Waals surface area contributed by atoms with E-state index in [1.807, 2.05) is 27.7 Å². The van der Waals surface area contributed by atoms with Crippen molar-refractivity contribution in [3.8, 4) is 17.1 Å². The Bertz CT molecular complexity index is 746. The maximum atomic E-state index is 12.2. The molecule has 0 unspecified atom stereocenters. The molecule has 0 aliphatic carbocycles. The molecule has 2 aromatic rings. The van der Waals surface area contributed by atoms with Crippen LogP contribution in [-0.4, -0.2) is 29.9 Å². The third-order valence-corrected chi connectivity index (χ3v) is 4.10. The quantitative estimate of drug-likeness (QED) is 0.773. The number of rotatable bonds is 6. The van der Waals surface area contributed by atoms with Crippen molar-refractivity contribution in [1.82, 2.24) is 10.3 Å². The maximum Gasteiger partial charge on any atom is 0.313 e. The molecule has 0 saturated carbocycles. The summed E-state index contributed by atoms with van der Waals surface area (Å²) in [6.07, 6.45) is 2.90. The Morgan fingerprint density at radius 3 is 2.35 bits per heavy atom. The standard InChI is InChI=1S/C19H25N3O4/c1-11(2)17(12(3)4)22-19(24)18(23)21-13-6-7-14(15(8-13)25-5)16-9-20-10-26-16/h6-12,17H,1-5H3,(H,21,23)(H,22,24). The van der Waals surface area contributed by atoms with Gasteiger partial charge in [-0.05, 0) is 24.0 Å². The second-order valence-electron chi connectivity index (χ2n) is 6.72. The van der Waals surface area contributed by atoms with Gasteiger partial charge in [-0.15, -0.1) is 0 Å². The first kappa shape index (κ1) is 19.5. The lowest BCUT2D eigenvalue weighted by atomic mass is 9.93. The predicted molar refractivity (Wildman–Crippen MR) is 98.7 cm³/mol. The lowest BCUT2D eigenvalue weighted by molar-refractivity contribution is -0.137. The number of aromatic nitrogens is 1. The highest BCUT2D eigenvalue weighted by atomic mass is 16.5. The first-order valence-electron chi connectivity index (χ1n) is 8.52. The number of anilines is 1. The molecule has 0 bridgehead atoms. The van der Waals surface area contributed by atoms with Crippen LogP contribution in [-0.2, 0) is 9.59 Å². The van der Waals surface area contributed by atoms with Gasteiger partial charge in [-0.1, -0.05) is 27.7 Å². The van der Waals surface area contributed by atoms with E-state index in [1.165, 1.54) is 13.5 Å². The molecule has 26 heavy (non-hydrogen) atoms. The van der Waals surface area contributed by atoms with E-state index in [-0.39, 0.29) is 17.9 Å². The number of hydrogen-bond acceptors (Lipinski definition) is 5. The molecular weight excluding hydrogens is 334 g/mol. The van der Waals surface area contributed by atoms with Crippen molar-refractivity contribution in [2.75, 3.05) is 12.4 Å². The number of ether oxygens (including phenoxy) is 1. The summed E-state index contributed by atoms with van der Waals surface area (Å²) in [6.45, 7) is 8.04. The molecule has 2 amide bonds. The van der Waals surface area contributed by atoms with Crippen LogP contribution in [0.4, 0.5) is 5.69 Å². The Balaban J connectivity index is 2.10. The van der Waals surface area contributed by atoms with Crippen molar-refractivity contribution < 1.29 is 18.7 Å². The van der Waals surface area contributed by atoms with Crippen LogP contribution in [0.15, 0.2) is 35.2 Å². The number of carbonyl (C=O) groups excluding carboxylic acids is 2. The fraction of sp³-hybridized carbons (Fsp3) is 0.421. The number of nitrogens with one attached hydrogen (secondary N) is 2. The summed E-state index contributed by atoms with van der Waals surface area (Å²) in [5.74, 6) is 0.138. The number of hydrogen-bond donors (Lipinski definition) is 2. The minimum atomic E-state index is -0.717. The number of methoxy groups -OCH3 is 1. The molecule has 2 rings (SSSR count). The van der Waals surface area contributed by atoms with Crippen molar-refractivity contribution in [3.63, 3.8) is 0 Å². The normalized spacial score (nSPS) is 11.1. The molecular formula is C19H25N3O4. The van der Waals surface area contributed by atoms with Crippen molar-refractivity contribution >= 4 is 17.5 Å². The Labute approximate surface area is 153 Å². The summed E-state index contributed by atoms with van der Waals surface area (Å²) in [6, 6.07) is 4.97. The topological polar surface area (TPSA) is 93.5 Å². The minimum absolute atomic E-state index is 0.0726. The van der Waals surface area contributed by atoms with E-state index < -0.39 is 11.8 Å². The second-order valence-corrected chi connectivity index (χ2v) is 6.72. The molecule has 0 aliphatic heterocycles. The zero-order valence-electron chi connectivity index (χ0n) is 15.7. The van der Waals surface area contributed by atoms with Crippen LogP contribution in [0.3, 0.4) is 0 Å². The smallest absolute Gasteiger partial charge is 0.313 e. The van der Waals surface area contributed by atoms with E-state index in [9.17, 15) is 9.59 Å². The molecule has 0 saturated heterocycles. The van der Waals surface area contributed by atoms with Gasteiger partial charge in [-0.25, -0.2) is 4.98 Å². The van der Waals surface area contributed by atoms with Crippen LogP contribution in [0.5, 0.6) is 5.75 Å². The van der Waals surface area contributed by atoms with Gasteiger partial charge in [-0.3, -0.25) is 9.59 Å². The van der Waals surface area contributed by atoms with Crippen LogP contribution in [0, 0.1) is 11.8 Å². The molecule has 140 valence electrons. The van der Waals surface area contributed by atoms with E-state index in [1.54, 1.807) is 24.4 Å². The predicted octanol–water partition coefficient (Wildman–Crippen LogP) is 3.09. The molecule has 7 nitrogen and oxygen atoms in total.